The molecule has 2 aromatic carbocycles. The molecule has 0 aromatic heterocycles. The van der Waals surface area contributed by atoms with E-state index < -0.39 is 10.8 Å². The van der Waals surface area contributed by atoms with Gasteiger partial charge in [-0.2, -0.15) is 0 Å². The van der Waals surface area contributed by atoms with E-state index in [4.69, 9.17) is 10.5 Å². The number of nitrogen functional groups attached to an aromatic ring is 1. The second-order valence-electron chi connectivity index (χ2n) is 3.84. The monoisotopic (exact) mass is 261 g/mol. The molecule has 0 amide bonds. The number of nitrogens with two attached hydrogens (primary N) is 1. The number of anilines is 1. The zero-order valence-corrected chi connectivity index (χ0v) is 10.9. The van der Waals surface area contributed by atoms with Crippen LogP contribution in [0.1, 0.15) is 5.56 Å². The summed E-state index contributed by atoms with van der Waals surface area (Å²) in [5.74, 6) is 1.04. The van der Waals surface area contributed by atoms with Crippen LogP contribution in [0.15, 0.2) is 53.4 Å². The summed E-state index contributed by atoms with van der Waals surface area (Å²) in [7, 11) is 0.415. The third kappa shape index (κ3) is 2.71. The summed E-state index contributed by atoms with van der Waals surface area (Å²) < 4.78 is 17.5. The van der Waals surface area contributed by atoms with Gasteiger partial charge in [0.25, 0.3) is 0 Å². The maximum atomic E-state index is 12.3. The van der Waals surface area contributed by atoms with Crippen LogP contribution in [-0.2, 0) is 16.6 Å². The highest BCUT2D eigenvalue weighted by Crippen LogP contribution is 2.24. The molecule has 0 heterocycles. The summed E-state index contributed by atoms with van der Waals surface area (Å²) in [4.78, 5) is 0.697. The largest absolute Gasteiger partial charge is 0.495 e. The van der Waals surface area contributed by atoms with Crippen molar-refractivity contribution in [1.82, 2.24) is 0 Å². The molecule has 0 spiro atoms. The number of para-hydroxylation sites is 2. The van der Waals surface area contributed by atoms with E-state index in [0.717, 1.165) is 5.56 Å². The summed E-state index contributed by atoms with van der Waals surface area (Å²) >= 11 is 0. The number of rotatable bonds is 4. The molecule has 2 N–H and O–H groups in total. The molecule has 0 aliphatic heterocycles. The van der Waals surface area contributed by atoms with Crippen LogP contribution in [0.2, 0.25) is 0 Å². The Balaban J connectivity index is 2.25. The van der Waals surface area contributed by atoms with Crippen LogP contribution < -0.4 is 10.5 Å². The molecule has 0 aliphatic carbocycles. The van der Waals surface area contributed by atoms with Gasteiger partial charge < -0.3 is 10.5 Å². The minimum absolute atomic E-state index is 0.396. The highest BCUT2D eigenvalue weighted by molar-refractivity contribution is 7.84. The molecule has 0 radical (unpaired) electrons. The van der Waals surface area contributed by atoms with Gasteiger partial charge in [-0.25, -0.2) is 0 Å². The zero-order valence-electron chi connectivity index (χ0n) is 10.1. The molecule has 4 heteroatoms. The fourth-order valence-corrected chi connectivity index (χ4v) is 3.00. The number of benzene rings is 2. The van der Waals surface area contributed by atoms with Crippen LogP contribution >= 0.6 is 0 Å². The summed E-state index contributed by atoms with van der Waals surface area (Å²) in [6.45, 7) is 0. The number of hydrogen-bond acceptors (Lipinski definition) is 3. The molecule has 3 nitrogen and oxygen atoms in total. The van der Waals surface area contributed by atoms with E-state index in [1.54, 1.807) is 7.11 Å². The van der Waals surface area contributed by atoms with Crippen LogP contribution in [0.4, 0.5) is 5.69 Å². The third-order valence-electron chi connectivity index (χ3n) is 2.66. The molecule has 1 atom stereocenters. The first-order valence-electron chi connectivity index (χ1n) is 5.57. The van der Waals surface area contributed by atoms with Crippen molar-refractivity contribution < 1.29 is 8.95 Å². The van der Waals surface area contributed by atoms with Gasteiger partial charge >= 0.3 is 0 Å². The molecule has 0 fully saturated rings. The van der Waals surface area contributed by atoms with Crippen molar-refractivity contribution in [2.75, 3.05) is 12.8 Å². The summed E-state index contributed by atoms with van der Waals surface area (Å²) in [6.07, 6.45) is 0. The molecule has 0 saturated heterocycles. The Kier molecular flexibility index (Phi) is 3.99. The van der Waals surface area contributed by atoms with Crippen LogP contribution in [-0.4, -0.2) is 11.3 Å². The minimum atomic E-state index is -1.16. The quantitative estimate of drug-likeness (QED) is 0.861. The molecule has 94 valence electrons. The Bertz CT molecular complexity index is 569. The minimum Gasteiger partial charge on any atom is -0.495 e. The number of methoxy groups -OCH3 is 1. The highest BCUT2D eigenvalue weighted by atomic mass is 32.2. The van der Waals surface area contributed by atoms with Crippen molar-refractivity contribution in [3.63, 3.8) is 0 Å². The lowest BCUT2D eigenvalue weighted by Gasteiger charge is -2.09. The van der Waals surface area contributed by atoms with Crippen molar-refractivity contribution in [2.24, 2.45) is 0 Å². The summed E-state index contributed by atoms with van der Waals surface area (Å²) in [5, 5.41) is 0. The molecule has 2 rings (SSSR count). The number of ether oxygens (including phenoxy) is 1. The highest BCUT2D eigenvalue weighted by Gasteiger charge is 2.11. The Morgan fingerprint density at radius 1 is 1.11 bits per heavy atom. The first-order chi connectivity index (χ1) is 8.72. The van der Waals surface area contributed by atoms with Gasteiger partial charge in [0, 0.05) is 5.69 Å². The van der Waals surface area contributed by atoms with Gasteiger partial charge in [0.2, 0.25) is 0 Å². The van der Waals surface area contributed by atoms with Gasteiger partial charge in [-0.15, -0.1) is 0 Å². The van der Waals surface area contributed by atoms with Gasteiger partial charge in [-0.3, -0.25) is 4.21 Å². The fraction of sp³-hybridized carbons (Fsp3) is 0.143. The smallest absolute Gasteiger partial charge is 0.134 e. The van der Waals surface area contributed by atoms with E-state index in [1.165, 1.54) is 0 Å². The molecular formula is C14H15NO2S. The first kappa shape index (κ1) is 12.6. The topological polar surface area (TPSA) is 52.3 Å². The maximum Gasteiger partial charge on any atom is 0.134 e. The SMILES string of the molecule is COc1ccccc1S(=O)Cc1ccccc1N. The molecular weight excluding hydrogens is 246 g/mol. The number of hydrogen-bond donors (Lipinski definition) is 1. The Morgan fingerprint density at radius 2 is 1.78 bits per heavy atom. The lowest BCUT2D eigenvalue weighted by Crippen LogP contribution is -2.01. The normalized spacial score (nSPS) is 12.1. The van der Waals surface area contributed by atoms with Crippen LogP contribution in [0.3, 0.4) is 0 Å². The second kappa shape index (κ2) is 5.69. The van der Waals surface area contributed by atoms with E-state index in [-0.39, 0.29) is 0 Å². The third-order valence-corrected chi connectivity index (χ3v) is 4.06. The Labute approximate surface area is 109 Å². The van der Waals surface area contributed by atoms with E-state index in [9.17, 15) is 4.21 Å². The average Bonchev–Trinajstić information content (AvgIpc) is 2.41. The van der Waals surface area contributed by atoms with Crippen molar-refractivity contribution in [2.45, 2.75) is 10.6 Å². The van der Waals surface area contributed by atoms with E-state index in [0.29, 0.717) is 22.1 Å². The lowest BCUT2D eigenvalue weighted by molar-refractivity contribution is 0.404. The van der Waals surface area contributed by atoms with Gasteiger partial charge in [-0.1, -0.05) is 30.3 Å². The molecule has 1 unspecified atom stereocenters. The van der Waals surface area contributed by atoms with E-state index >= 15 is 0 Å². The van der Waals surface area contributed by atoms with Crippen LogP contribution in [0, 0.1) is 0 Å². The first-order valence-corrected chi connectivity index (χ1v) is 6.89. The molecule has 0 saturated carbocycles. The van der Waals surface area contributed by atoms with Crippen LogP contribution in [0.5, 0.6) is 5.75 Å². The Hall–Kier alpha value is -1.81. The van der Waals surface area contributed by atoms with Crippen molar-refractivity contribution in [3.05, 3.63) is 54.1 Å². The lowest BCUT2D eigenvalue weighted by atomic mass is 10.2. The summed E-state index contributed by atoms with van der Waals surface area (Å²) in [5.41, 5.74) is 7.41. The van der Waals surface area contributed by atoms with Crippen molar-refractivity contribution >= 4 is 16.5 Å². The molecule has 2 aromatic rings. The van der Waals surface area contributed by atoms with E-state index in [2.05, 4.69) is 0 Å². The average molecular weight is 261 g/mol. The molecule has 18 heavy (non-hydrogen) atoms. The van der Waals surface area contributed by atoms with E-state index in [1.807, 2.05) is 48.5 Å². The fourth-order valence-electron chi connectivity index (χ4n) is 1.69. The summed E-state index contributed by atoms with van der Waals surface area (Å²) in [6, 6.07) is 14.8. The predicted molar refractivity (Wildman–Crippen MR) is 74.0 cm³/mol. The van der Waals surface area contributed by atoms with Crippen LogP contribution in [0.25, 0.3) is 0 Å². The maximum absolute atomic E-state index is 12.3. The molecule has 0 aliphatic rings. The second-order valence-corrected chi connectivity index (χ2v) is 5.26. The predicted octanol–water partition coefficient (Wildman–Crippen LogP) is 2.59. The zero-order chi connectivity index (χ0) is 13.0. The van der Waals surface area contributed by atoms with Gasteiger partial charge in [-0.05, 0) is 23.8 Å². The van der Waals surface area contributed by atoms with Gasteiger partial charge in [0.1, 0.15) is 5.75 Å². The Morgan fingerprint density at radius 3 is 2.50 bits per heavy atom. The van der Waals surface area contributed by atoms with Gasteiger partial charge in [0.05, 0.1) is 28.6 Å². The van der Waals surface area contributed by atoms with Crippen molar-refractivity contribution in [1.29, 1.82) is 0 Å². The van der Waals surface area contributed by atoms with Crippen molar-refractivity contribution in [3.8, 4) is 5.75 Å². The molecule has 0 bridgehead atoms. The van der Waals surface area contributed by atoms with Gasteiger partial charge in [0.15, 0.2) is 0 Å². The standard InChI is InChI=1S/C14H15NO2S/c1-17-13-8-4-5-9-14(13)18(16)10-11-6-2-3-7-12(11)15/h2-9H,10,15H2,1H3.